The molecule has 1 aliphatic heterocycles. The lowest BCUT2D eigenvalue weighted by atomic mass is 9.86. The van der Waals surface area contributed by atoms with E-state index in [4.69, 9.17) is 4.74 Å². The number of rotatable bonds is 7. The van der Waals surface area contributed by atoms with Gasteiger partial charge in [-0.05, 0) is 78.1 Å². The molecule has 1 aromatic carbocycles. The van der Waals surface area contributed by atoms with Gasteiger partial charge in [0.05, 0.1) is 24.1 Å². The molecule has 1 aliphatic carbocycles. The van der Waals surface area contributed by atoms with E-state index in [9.17, 15) is 18.0 Å². The van der Waals surface area contributed by atoms with Crippen molar-refractivity contribution in [2.24, 2.45) is 5.92 Å². The zero-order valence-corrected chi connectivity index (χ0v) is 26.0. The van der Waals surface area contributed by atoms with Crippen LogP contribution in [0.5, 0.6) is 5.75 Å². The molecule has 8 nitrogen and oxygen atoms in total. The molecule has 2 aliphatic rings. The topological polar surface area (TPSA) is 91.4 Å². The molecule has 0 unspecified atom stereocenters. The number of benzene rings is 1. The van der Waals surface area contributed by atoms with Gasteiger partial charge in [-0.1, -0.05) is 51.9 Å². The molecule has 0 spiro atoms. The van der Waals surface area contributed by atoms with Gasteiger partial charge in [0.1, 0.15) is 5.75 Å². The van der Waals surface area contributed by atoms with E-state index in [-0.39, 0.29) is 23.6 Å². The van der Waals surface area contributed by atoms with Crippen molar-refractivity contribution in [3.05, 3.63) is 41.2 Å². The number of amides is 1. The molecule has 1 saturated heterocycles. The highest BCUT2D eigenvalue weighted by Gasteiger charge is 2.33. The highest BCUT2D eigenvalue weighted by Crippen LogP contribution is 2.32. The Bertz CT molecular complexity index is 1080. The lowest BCUT2D eigenvalue weighted by Crippen LogP contribution is -2.43. The molecule has 0 radical (unpaired) electrons. The SMILES string of the molecule is CCCC1CCCCC1.CNC.COc1cc(C(=O)NC2CCN(C)CC2)ccc1Nc1ncc(C(F)(F)F)c(C)n1. The molecule has 1 saturated carbocycles. The first-order valence-corrected chi connectivity index (χ1v) is 15.0. The molecule has 0 bridgehead atoms. The fraction of sp³-hybridized carbons (Fsp3) is 0.645. The normalized spacial score (nSPS) is 16.4. The van der Waals surface area contributed by atoms with Gasteiger partial charge >= 0.3 is 6.18 Å². The minimum atomic E-state index is -4.51. The van der Waals surface area contributed by atoms with Gasteiger partial charge in [0.2, 0.25) is 5.95 Å². The van der Waals surface area contributed by atoms with E-state index in [2.05, 4.69) is 44.8 Å². The number of halogens is 3. The van der Waals surface area contributed by atoms with Crippen LogP contribution in [-0.2, 0) is 6.18 Å². The standard InChI is InChI=1S/C20H24F3N5O2.C9H18.C2H7N/c1-12-15(20(21,22)23)11-24-19(25-12)27-16-5-4-13(10-17(16)30-3)18(29)26-14-6-8-28(2)9-7-14;1-2-6-9-7-4-3-5-8-9;1-3-2/h4-5,10-11,14H,6-9H2,1-3H3,(H,26,29)(H,24,25,27);9H,2-8H2,1H3;3H,1-2H3. The fourth-order valence-electron chi connectivity index (χ4n) is 5.17. The highest BCUT2D eigenvalue weighted by molar-refractivity contribution is 5.95. The van der Waals surface area contributed by atoms with Crippen LogP contribution in [0.2, 0.25) is 0 Å². The lowest BCUT2D eigenvalue weighted by Gasteiger charge is -2.29. The lowest BCUT2D eigenvalue weighted by molar-refractivity contribution is -0.138. The van der Waals surface area contributed by atoms with Gasteiger partial charge in [-0.2, -0.15) is 13.2 Å². The number of hydrogen-bond donors (Lipinski definition) is 3. The van der Waals surface area contributed by atoms with Gasteiger partial charge in [0, 0.05) is 17.8 Å². The number of ether oxygens (including phenoxy) is 1. The Labute approximate surface area is 249 Å². The van der Waals surface area contributed by atoms with E-state index in [1.54, 1.807) is 18.2 Å². The molecular weight excluding hydrogens is 545 g/mol. The van der Waals surface area contributed by atoms with Crippen LogP contribution in [0.15, 0.2) is 24.4 Å². The number of carbonyl (C=O) groups is 1. The molecule has 42 heavy (non-hydrogen) atoms. The number of methoxy groups -OCH3 is 1. The molecule has 1 aromatic heterocycles. The summed E-state index contributed by atoms with van der Waals surface area (Å²) in [4.78, 5) is 22.4. The van der Waals surface area contributed by atoms with Gasteiger partial charge in [0.25, 0.3) is 5.91 Å². The van der Waals surface area contributed by atoms with Crippen LogP contribution in [0.1, 0.15) is 86.3 Å². The number of aryl methyl sites for hydroxylation is 1. The first kappa shape index (κ1) is 35.3. The van der Waals surface area contributed by atoms with E-state index in [0.717, 1.165) is 38.0 Å². The Morgan fingerprint density at radius 3 is 2.29 bits per heavy atom. The largest absolute Gasteiger partial charge is 0.495 e. The van der Waals surface area contributed by atoms with Crippen LogP contribution in [0.4, 0.5) is 24.8 Å². The number of aromatic nitrogens is 2. The van der Waals surface area contributed by atoms with Crippen molar-refractivity contribution in [2.75, 3.05) is 46.7 Å². The second-order valence-electron chi connectivity index (χ2n) is 11.1. The zero-order valence-electron chi connectivity index (χ0n) is 26.0. The fourth-order valence-corrected chi connectivity index (χ4v) is 5.17. The summed E-state index contributed by atoms with van der Waals surface area (Å²) in [6.45, 7) is 5.44. The molecule has 236 valence electrons. The summed E-state index contributed by atoms with van der Waals surface area (Å²) in [7, 11) is 7.24. The minimum absolute atomic E-state index is 0.00215. The van der Waals surface area contributed by atoms with Crippen LogP contribution in [0.3, 0.4) is 0 Å². The van der Waals surface area contributed by atoms with Crippen LogP contribution >= 0.6 is 0 Å². The van der Waals surface area contributed by atoms with Crippen molar-refractivity contribution in [3.63, 3.8) is 0 Å². The number of piperidine rings is 1. The Morgan fingerprint density at radius 1 is 1.10 bits per heavy atom. The predicted octanol–water partition coefficient (Wildman–Crippen LogP) is 6.58. The number of alkyl halides is 3. The second kappa shape index (κ2) is 17.9. The van der Waals surface area contributed by atoms with Crippen molar-refractivity contribution < 1.29 is 22.7 Å². The smallest absolute Gasteiger partial charge is 0.419 e. The Kier molecular flexibility index (Phi) is 15.0. The predicted molar refractivity (Wildman–Crippen MR) is 162 cm³/mol. The Balaban J connectivity index is 0.000000429. The maximum Gasteiger partial charge on any atom is 0.419 e. The number of likely N-dealkylation sites (tertiary alicyclic amines) is 1. The first-order chi connectivity index (χ1) is 20.0. The molecule has 2 heterocycles. The number of carbonyl (C=O) groups excluding carboxylic acids is 1. The highest BCUT2D eigenvalue weighted by atomic mass is 19.4. The molecule has 2 fully saturated rings. The number of hydrogen-bond acceptors (Lipinski definition) is 7. The molecule has 11 heteroatoms. The molecular formula is C31H49F3N6O2. The third-order valence-electron chi connectivity index (χ3n) is 7.47. The number of nitrogens with one attached hydrogen (secondary N) is 3. The quantitative estimate of drug-likeness (QED) is 0.334. The first-order valence-electron chi connectivity index (χ1n) is 15.0. The number of nitrogens with zero attached hydrogens (tertiary/aromatic N) is 3. The number of anilines is 2. The monoisotopic (exact) mass is 594 g/mol. The molecule has 3 N–H and O–H groups in total. The van der Waals surface area contributed by atoms with Crippen LogP contribution in [0.25, 0.3) is 0 Å². The van der Waals surface area contributed by atoms with Gasteiger partial charge in [-0.3, -0.25) is 4.79 Å². The minimum Gasteiger partial charge on any atom is -0.495 e. The van der Waals surface area contributed by atoms with E-state index in [1.807, 2.05) is 14.1 Å². The summed E-state index contributed by atoms with van der Waals surface area (Å²) in [6, 6.07) is 4.93. The van der Waals surface area contributed by atoms with Crippen molar-refractivity contribution in [3.8, 4) is 5.75 Å². The Hall–Kier alpha value is -2.92. The van der Waals surface area contributed by atoms with Gasteiger partial charge < -0.3 is 25.6 Å². The molecule has 4 rings (SSSR count). The summed E-state index contributed by atoms with van der Waals surface area (Å²) in [5.41, 5.74) is -0.206. The van der Waals surface area contributed by atoms with Crippen molar-refractivity contribution in [1.82, 2.24) is 25.5 Å². The average Bonchev–Trinajstić information content (AvgIpc) is 2.95. The molecule has 2 aromatic rings. The third kappa shape index (κ3) is 11.8. The van der Waals surface area contributed by atoms with Crippen LogP contribution in [-0.4, -0.2) is 68.2 Å². The zero-order chi connectivity index (χ0) is 31.1. The molecule has 0 atom stereocenters. The molecule has 1 amide bonds. The second-order valence-corrected chi connectivity index (χ2v) is 11.1. The summed E-state index contributed by atoms with van der Waals surface area (Å²) in [5, 5.41) is 8.62. The summed E-state index contributed by atoms with van der Waals surface area (Å²) < 4.78 is 44.0. The van der Waals surface area contributed by atoms with Gasteiger partial charge in [-0.15, -0.1) is 0 Å². The summed E-state index contributed by atoms with van der Waals surface area (Å²) in [5.74, 6) is 1.26. The van der Waals surface area contributed by atoms with Crippen LogP contribution in [0, 0.1) is 12.8 Å². The average molecular weight is 595 g/mol. The third-order valence-corrected chi connectivity index (χ3v) is 7.47. The van der Waals surface area contributed by atoms with Crippen molar-refractivity contribution >= 4 is 17.5 Å². The van der Waals surface area contributed by atoms with E-state index < -0.39 is 11.7 Å². The summed E-state index contributed by atoms with van der Waals surface area (Å²) >= 11 is 0. The van der Waals surface area contributed by atoms with E-state index in [0.29, 0.717) is 17.0 Å². The Morgan fingerprint density at radius 2 is 1.74 bits per heavy atom. The van der Waals surface area contributed by atoms with E-state index in [1.165, 1.54) is 59.0 Å². The van der Waals surface area contributed by atoms with Crippen molar-refractivity contribution in [1.29, 1.82) is 0 Å². The maximum absolute atomic E-state index is 12.9. The van der Waals surface area contributed by atoms with Gasteiger partial charge in [-0.25, -0.2) is 9.97 Å². The summed E-state index contributed by atoms with van der Waals surface area (Å²) in [6.07, 6.45) is 8.44. The van der Waals surface area contributed by atoms with Crippen molar-refractivity contribution in [2.45, 2.75) is 83.9 Å². The van der Waals surface area contributed by atoms with Gasteiger partial charge in [0.15, 0.2) is 0 Å². The van der Waals surface area contributed by atoms with E-state index >= 15 is 0 Å². The maximum atomic E-state index is 12.9. The van der Waals surface area contributed by atoms with Crippen LogP contribution < -0.4 is 20.7 Å².